The van der Waals surface area contributed by atoms with Gasteiger partial charge in [-0.2, -0.15) is 0 Å². The highest BCUT2D eigenvalue weighted by atomic mass is 32.1. The van der Waals surface area contributed by atoms with Crippen LogP contribution in [0.25, 0.3) is 0 Å². The van der Waals surface area contributed by atoms with Gasteiger partial charge in [-0.15, -0.1) is 0 Å². The molecule has 1 aromatic rings. The van der Waals surface area contributed by atoms with Crippen molar-refractivity contribution in [2.75, 3.05) is 20.1 Å². The van der Waals surface area contributed by atoms with Gasteiger partial charge >= 0.3 is 0 Å². The van der Waals surface area contributed by atoms with Crippen molar-refractivity contribution in [1.82, 2.24) is 4.90 Å². The molecule has 3 heteroatoms. The van der Waals surface area contributed by atoms with Gasteiger partial charge in [0.2, 0.25) is 0 Å². The molecule has 0 saturated heterocycles. The quantitative estimate of drug-likeness (QED) is 0.769. The Morgan fingerprint density at radius 1 is 1.38 bits per heavy atom. The van der Waals surface area contributed by atoms with Crippen LogP contribution in [0, 0.1) is 0 Å². The second kappa shape index (κ2) is 6.61. The van der Waals surface area contributed by atoms with Crippen LogP contribution in [0.5, 0.6) is 0 Å². The number of hydrogen-bond donors (Lipinski definition) is 1. The van der Waals surface area contributed by atoms with Crippen molar-refractivity contribution < 1.29 is 0 Å². The smallest absolute Gasteiger partial charge is 0.0816 e. The van der Waals surface area contributed by atoms with Gasteiger partial charge in [-0.25, -0.2) is 0 Å². The number of nitrogens with two attached hydrogens (primary N) is 1. The Bertz CT molecular complexity index is 324. The molecular weight excluding hydrogens is 216 g/mol. The summed E-state index contributed by atoms with van der Waals surface area (Å²) in [6, 6.07) is 10.2. The summed E-state index contributed by atoms with van der Waals surface area (Å²) in [5.74, 6) is 0.160. The van der Waals surface area contributed by atoms with Gasteiger partial charge in [0.1, 0.15) is 0 Å². The summed E-state index contributed by atoms with van der Waals surface area (Å²) in [4.78, 5) is 2.85. The fraction of sp³-hybridized carbons (Fsp3) is 0.462. The molecule has 0 radical (unpaired) electrons. The highest BCUT2D eigenvalue weighted by Crippen LogP contribution is 2.17. The van der Waals surface area contributed by atoms with Crippen LogP contribution >= 0.6 is 12.2 Å². The van der Waals surface area contributed by atoms with Gasteiger partial charge in [0.05, 0.1) is 4.99 Å². The summed E-state index contributed by atoms with van der Waals surface area (Å²) < 4.78 is 0. The van der Waals surface area contributed by atoms with E-state index in [1.165, 1.54) is 5.56 Å². The summed E-state index contributed by atoms with van der Waals surface area (Å²) in [5, 5.41) is 0. The molecule has 0 saturated carbocycles. The monoisotopic (exact) mass is 236 g/mol. The van der Waals surface area contributed by atoms with E-state index in [0.29, 0.717) is 4.99 Å². The van der Waals surface area contributed by atoms with Gasteiger partial charge in [-0.05, 0) is 25.6 Å². The summed E-state index contributed by atoms with van der Waals surface area (Å²) in [5.41, 5.74) is 7.02. The van der Waals surface area contributed by atoms with E-state index in [-0.39, 0.29) is 5.92 Å². The molecule has 88 valence electrons. The Morgan fingerprint density at radius 2 is 2.00 bits per heavy atom. The van der Waals surface area contributed by atoms with Crippen molar-refractivity contribution in [2.24, 2.45) is 5.73 Å². The predicted molar refractivity (Wildman–Crippen MR) is 73.8 cm³/mol. The first-order chi connectivity index (χ1) is 7.65. The average Bonchev–Trinajstić information content (AvgIpc) is 2.27. The van der Waals surface area contributed by atoms with E-state index in [0.717, 1.165) is 19.5 Å². The van der Waals surface area contributed by atoms with Crippen LogP contribution in [-0.4, -0.2) is 30.0 Å². The minimum Gasteiger partial charge on any atom is -0.393 e. The van der Waals surface area contributed by atoms with E-state index in [4.69, 9.17) is 18.0 Å². The molecule has 0 aliphatic heterocycles. The maximum atomic E-state index is 5.82. The van der Waals surface area contributed by atoms with Gasteiger partial charge in [0, 0.05) is 12.5 Å². The number of thiocarbonyl (C=S) groups is 1. The van der Waals surface area contributed by atoms with E-state index in [2.05, 4.69) is 31.0 Å². The van der Waals surface area contributed by atoms with Crippen molar-refractivity contribution in [3.05, 3.63) is 35.9 Å². The van der Waals surface area contributed by atoms with E-state index in [9.17, 15) is 0 Å². The zero-order valence-electron chi connectivity index (χ0n) is 10.0. The third-order valence-electron chi connectivity index (χ3n) is 2.64. The average molecular weight is 236 g/mol. The Labute approximate surface area is 103 Å². The van der Waals surface area contributed by atoms with Gasteiger partial charge in [-0.1, -0.05) is 49.5 Å². The third kappa shape index (κ3) is 3.91. The molecule has 2 N–H and O–H groups in total. The van der Waals surface area contributed by atoms with Crippen LogP contribution in [0.2, 0.25) is 0 Å². The molecule has 16 heavy (non-hydrogen) atoms. The SMILES string of the molecule is CCCN(C)CC(C(N)=S)c1ccccc1. The first-order valence-corrected chi connectivity index (χ1v) is 6.08. The van der Waals surface area contributed by atoms with E-state index < -0.39 is 0 Å². The highest BCUT2D eigenvalue weighted by Gasteiger charge is 2.16. The van der Waals surface area contributed by atoms with Crippen LogP contribution in [0.3, 0.4) is 0 Å². The molecule has 0 aromatic heterocycles. The number of likely N-dealkylation sites (N-methyl/N-ethyl adjacent to an activating group) is 1. The molecule has 1 aromatic carbocycles. The van der Waals surface area contributed by atoms with Crippen LogP contribution in [0.15, 0.2) is 30.3 Å². The minimum atomic E-state index is 0.160. The van der Waals surface area contributed by atoms with Gasteiger partial charge < -0.3 is 10.6 Å². The molecule has 0 aliphatic rings. The van der Waals surface area contributed by atoms with Gasteiger partial charge in [0.25, 0.3) is 0 Å². The number of rotatable bonds is 6. The summed E-state index contributed by atoms with van der Waals surface area (Å²) >= 11 is 5.15. The zero-order chi connectivity index (χ0) is 12.0. The molecule has 0 spiro atoms. The molecule has 0 heterocycles. The van der Waals surface area contributed by atoms with Crippen LogP contribution in [0.4, 0.5) is 0 Å². The van der Waals surface area contributed by atoms with E-state index in [1.807, 2.05) is 18.2 Å². The maximum absolute atomic E-state index is 5.82. The lowest BCUT2D eigenvalue weighted by Gasteiger charge is -2.23. The molecule has 1 rings (SSSR count). The molecule has 1 atom stereocenters. The summed E-state index contributed by atoms with van der Waals surface area (Å²) in [6.07, 6.45) is 1.15. The molecule has 0 bridgehead atoms. The minimum absolute atomic E-state index is 0.160. The number of nitrogens with zero attached hydrogens (tertiary/aromatic N) is 1. The Balaban J connectivity index is 2.73. The molecule has 2 nitrogen and oxygen atoms in total. The largest absolute Gasteiger partial charge is 0.393 e. The van der Waals surface area contributed by atoms with Crippen LogP contribution in [-0.2, 0) is 0 Å². The zero-order valence-corrected chi connectivity index (χ0v) is 10.8. The van der Waals surface area contributed by atoms with E-state index in [1.54, 1.807) is 0 Å². The second-order valence-corrected chi connectivity index (χ2v) is 4.60. The Kier molecular flexibility index (Phi) is 5.43. The topological polar surface area (TPSA) is 29.3 Å². The normalized spacial score (nSPS) is 12.7. The van der Waals surface area contributed by atoms with Crippen molar-refractivity contribution in [2.45, 2.75) is 19.3 Å². The summed E-state index contributed by atoms with van der Waals surface area (Å²) in [7, 11) is 2.11. The summed E-state index contributed by atoms with van der Waals surface area (Å²) in [6.45, 7) is 4.15. The van der Waals surface area contributed by atoms with Crippen LogP contribution < -0.4 is 5.73 Å². The lowest BCUT2D eigenvalue weighted by molar-refractivity contribution is 0.331. The lowest BCUT2D eigenvalue weighted by atomic mass is 9.98. The molecule has 1 unspecified atom stereocenters. The number of benzene rings is 1. The number of hydrogen-bond acceptors (Lipinski definition) is 2. The highest BCUT2D eigenvalue weighted by molar-refractivity contribution is 7.80. The van der Waals surface area contributed by atoms with Crippen LogP contribution in [0.1, 0.15) is 24.8 Å². The third-order valence-corrected chi connectivity index (χ3v) is 2.93. The standard InChI is InChI=1S/C13H20N2S/c1-3-9-15(2)10-12(13(14)16)11-7-5-4-6-8-11/h4-8,12H,3,9-10H2,1-2H3,(H2,14,16). The molecule has 0 aliphatic carbocycles. The molecule has 0 amide bonds. The molecular formula is C13H20N2S. The van der Waals surface area contributed by atoms with Crippen molar-refractivity contribution in [1.29, 1.82) is 0 Å². The van der Waals surface area contributed by atoms with Crippen molar-refractivity contribution >= 4 is 17.2 Å². The Morgan fingerprint density at radius 3 is 2.50 bits per heavy atom. The van der Waals surface area contributed by atoms with Gasteiger partial charge in [-0.3, -0.25) is 0 Å². The Hall–Kier alpha value is -0.930. The van der Waals surface area contributed by atoms with Crippen molar-refractivity contribution in [3.8, 4) is 0 Å². The lowest BCUT2D eigenvalue weighted by Crippen LogP contribution is -2.32. The first kappa shape index (κ1) is 13.1. The fourth-order valence-electron chi connectivity index (χ4n) is 1.83. The van der Waals surface area contributed by atoms with E-state index >= 15 is 0 Å². The fourth-order valence-corrected chi connectivity index (χ4v) is 2.04. The maximum Gasteiger partial charge on any atom is 0.0816 e. The molecule has 0 fully saturated rings. The predicted octanol–water partition coefficient (Wildman–Crippen LogP) is 2.40. The second-order valence-electron chi connectivity index (χ2n) is 4.13. The first-order valence-electron chi connectivity index (χ1n) is 5.68. The van der Waals surface area contributed by atoms with Gasteiger partial charge in [0.15, 0.2) is 0 Å². The van der Waals surface area contributed by atoms with Crippen molar-refractivity contribution in [3.63, 3.8) is 0 Å².